The normalized spacial score (nSPS) is 35.6. The number of rotatable bonds is 3. The molecule has 104 valence electrons. The van der Waals surface area contributed by atoms with Gasteiger partial charge in [-0.05, 0) is 36.7 Å². The van der Waals surface area contributed by atoms with E-state index in [-0.39, 0.29) is 11.5 Å². The quantitative estimate of drug-likeness (QED) is 0.765. The smallest absolute Gasteiger partial charge is 0.218 e. The Morgan fingerprint density at radius 1 is 1.42 bits per heavy atom. The molecule has 19 heavy (non-hydrogen) atoms. The molecule has 0 aliphatic heterocycles. The Morgan fingerprint density at radius 2 is 2.21 bits per heavy atom. The maximum atomic E-state index is 6.27. The van der Waals surface area contributed by atoms with Gasteiger partial charge in [0.15, 0.2) is 0 Å². The number of pyridine rings is 1. The highest BCUT2D eigenvalue weighted by Crippen LogP contribution is 2.66. The van der Waals surface area contributed by atoms with Gasteiger partial charge in [0.1, 0.15) is 6.10 Å². The molecule has 0 spiro atoms. The third kappa shape index (κ3) is 1.79. The number of aromatic nitrogens is 1. The molecule has 2 bridgehead atoms. The first kappa shape index (κ1) is 13.2. The molecule has 3 atom stereocenters. The van der Waals surface area contributed by atoms with Crippen molar-refractivity contribution in [2.24, 2.45) is 16.7 Å². The largest absolute Gasteiger partial charge is 0.474 e. The van der Waals surface area contributed by atoms with Crippen LogP contribution in [0.5, 0.6) is 5.88 Å². The van der Waals surface area contributed by atoms with Gasteiger partial charge >= 0.3 is 0 Å². The number of alkyl halides is 1. The summed E-state index contributed by atoms with van der Waals surface area (Å²) in [6.45, 7) is 7.18. The molecule has 2 saturated carbocycles. The zero-order valence-electron chi connectivity index (χ0n) is 11.9. The molecular formula is C16H22ClNO. The van der Waals surface area contributed by atoms with E-state index in [1.165, 1.54) is 12.8 Å². The Hall–Kier alpha value is -0.760. The van der Waals surface area contributed by atoms with Crippen LogP contribution in [0.25, 0.3) is 0 Å². The lowest BCUT2D eigenvalue weighted by atomic mass is 9.70. The van der Waals surface area contributed by atoms with Crippen LogP contribution in [0.2, 0.25) is 0 Å². The average Bonchev–Trinajstić information content (AvgIpc) is 2.72. The first-order valence-electron chi connectivity index (χ1n) is 7.15. The van der Waals surface area contributed by atoms with E-state index in [4.69, 9.17) is 16.3 Å². The van der Waals surface area contributed by atoms with Crippen LogP contribution < -0.4 is 4.74 Å². The van der Waals surface area contributed by atoms with Crippen LogP contribution in [0.3, 0.4) is 0 Å². The second-order valence-corrected chi connectivity index (χ2v) is 7.09. The summed E-state index contributed by atoms with van der Waals surface area (Å²) in [7, 11) is 0. The summed E-state index contributed by atoms with van der Waals surface area (Å²) in [6.07, 6.45) is 5.82. The van der Waals surface area contributed by atoms with Crippen LogP contribution in [0.1, 0.15) is 45.6 Å². The fourth-order valence-electron chi connectivity index (χ4n) is 4.08. The molecule has 1 aromatic heterocycles. The minimum Gasteiger partial charge on any atom is -0.474 e. The predicted octanol–water partition coefficient (Wildman–Crippen LogP) is 4.41. The third-order valence-corrected chi connectivity index (χ3v) is 6.25. The second kappa shape index (κ2) is 4.37. The minimum atomic E-state index is 0.263. The first-order chi connectivity index (χ1) is 8.99. The zero-order chi connectivity index (χ0) is 13.7. The Bertz CT molecular complexity index is 487. The topological polar surface area (TPSA) is 22.1 Å². The molecule has 1 heterocycles. The van der Waals surface area contributed by atoms with Crippen molar-refractivity contribution in [1.29, 1.82) is 0 Å². The van der Waals surface area contributed by atoms with E-state index in [2.05, 4.69) is 25.8 Å². The van der Waals surface area contributed by atoms with E-state index in [0.29, 0.717) is 11.3 Å². The molecule has 0 aromatic carbocycles. The highest BCUT2D eigenvalue weighted by atomic mass is 35.5. The average molecular weight is 280 g/mol. The molecule has 3 heteroatoms. The van der Waals surface area contributed by atoms with Gasteiger partial charge in [0.05, 0.1) is 5.88 Å². The number of hydrogen-bond acceptors (Lipinski definition) is 2. The number of halogens is 1. The highest BCUT2D eigenvalue weighted by molar-refractivity contribution is 6.17. The van der Waals surface area contributed by atoms with Crippen molar-refractivity contribution < 1.29 is 4.74 Å². The number of ether oxygens (including phenoxy) is 1. The Balaban J connectivity index is 1.86. The lowest BCUT2D eigenvalue weighted by Crippen LogP contribution is -2.39. The summed E-state index contributed by atoms with van der Waals surface area (Å²) >= 11 is 5.97. The van der Waals surface area contributed by atoms with Crippen molar-refractivity contribution in [2.75, 3.05) is 0 Å². The van der Waals surface area contributed by atoms with Crippen molar-refractivity contribution >= 4 is 11.6 Å². The molecule has 0 N–H and O–H groups in total. The third-order valence-electron chi connectivity index (χ3n) is 5.96. The Labute approximate surface area is 120 Å². The maximum absolute atomic E-state index is 6.27. The maximum Gasteiger partial charge on any atom is 0.218 e. The lowest BCUT2D eigenvalue weighted by molar-refractivity contribution is 0.0268. The van der Waals surface area contributed by atoms with Gasteiger partial charge in [-0.3, -0.25) is 0 Å². The van der Waals surface area contributed by atoms with E-state index < -0.39 is 0 Å². The Kier molecular flexibility index (Phi) is 3.05. The van der Waals surface area contributed by atoms with Crippen molar-refractivity contribution in [3.05, 3.63) is 23.9 Å². The van der Waals surface area contributed by atoms with Gasteiger partial charge in [0.2, 0.25) is 5.88 Å². The summed E-state index contributed by atoms with van der Waals surface area (Å²) in [4.78, 5) is 4.37. The van der Waals surface area contributed by atoms with Crippen LogP contribution in [-0.2, 0) is 5.88 Å². The van der Waals surface area contributed by atoms with Gasteiger partial charge in [0, 0.05) is 17.2 Å². The van der Waals surface area contributed by atoms with Crippen molar-refractivity contribution in [1.82, 2.24) is 4.98 Å². The van der Waals surface area contributed by atoms with Gasteiger partial charge in [-0.2, -0.15) is 0 Å². The van der Waals surface area contributed by atoms with Gasteiger partial charge in [-0.25, -0.2) is 4.98 Å². The number of hydrogen-bond donors (Lipinski definition) is 0. The predicted molar refractivity (Wildman–Crippen MR) is 77.4 cm³/mol. The molecule has 2 aliphatic carbocycles. The molecular weight excluding hydrogens is 258 g/mol. The fraction of sp³-hybridized carbons (Fsp3) is 0.688. The molecule has 3 rings (SSSR count). The van der Waals surface area contributed by atoms with Gasteiger partial charge in [0.25, 0.3) is 0 Å². The second-order valence-electron chi connectivity index (χ2n) is 6.82. The van der Waals surface area contributed by atoms with Crippen molar-refractivity contribution in [3.63, 3.8) is 0 Å². The van der Waals surface area contributed by atoms with Gasteiger partial charge in [-0.15, -0.1) is 11.6 Å². The molecule has 2 aliphatic rings. The van der Waals surface area contributed by atoms with E-state index in [9.17, 15) is 0 Å². The van der Waals surface area contributed by atoms with Gasteiger partial charge < -0.3 is 4.74 Å². The number of nitrogens with zero attached hydrogens (tertiary/aromatic N) is 1. The monoisotopic (exact) mass is 279 g/mol. The molecule has 3 unspecified atom stereocenters. The molecule has 0 radical (unpaired) electrons. The van der Waals surface area contributed by atoms with Crippen LogP contribution in [-0.4, -0.2) is 11.1 Å². The SMILES string of the molecule is CC1(C)C2CCC1(C)C(Oc1ncccc1CCl)C2. The molecule has 2 fully saturated rings. The first-order valence-corrected chi connectivity index (χ1v) is 7.69. The Morgan fingerprint density at radius 3 is 2.79 bits per heavy atom. The van der Waals surface area contributed by atoms with Crippen LogP contribution >= 0.6 is 11.6 Å². The summed E-state index contributed by atoms with van der Waals surface area (Å²) in [5.74, 6) is 1.97. The molecule has 1 aromatic rings. The van der Waals surface area contributed by atoms with E-state index in [1.54, 1.807) is 6.20 Å². The van der Waals surface area contributed by atoms with E-state index in [1.807, 2.05) is 12.1 Å². The van der Waals surface area contributed by atoms with E-state index in [0.717, 1.165) is 23.8 Å². The summed E-state index contributed by atoms with van der Waals surface area (Å²) in [6, 6.07) is 3.91. The van der Waals surface area contributed by atoms with Gasteiger partial charge in [-0.1, -0.05) is 26.8 Å². The van der Waals surface area contributed by atoms with Crippen molar-refractivity contribution in [3.8, 4) is 5.88 Å². The fourth-order valence-corrected chi connectivity index (χ4v) is 4.28. The minimum absolute atomic E-state index is 0.263. The van der Waals surface area contributed by atoms with Crippen LogP contribution in [0.15, 0.2) is 18.3 Å². The molecule has 0 saturated heterocycles. The summed E-state index contributed by atoms with van der Waals surface area (Å²) in [5, 5.41) is 0. The standard InChI is InChI=1S/C16H22ClNO/c1-15(2)12-6-7-16(15,3)13(9-12)19-14-11(10-17)5-4-8-18-14/h4-5,8,12-13H,6-7,9-10H2,1-3H3. The van der Waals surface area contributed by atoms with Crippen molar-refractivity contribution in [2.45, 2.75) is 52.0 Å². The van der Waals surface area contributed by atoms with Crippen LogP contribution in [0.4, 0.5) is 0 Å². The molecule has 2 nitrogen and oxygen atoms in total. The number of fused-ring (bicyclic) bond motifs is 2. The summed E-state index contributed by atoms with van der Waals surface area (Å²) in [5.41, 5.74) is 1.63. The highest BCUT2D eigenvalue weighted by Gasteiger charge is 2.62. The summed E-state index contributed by atoms with van der Waals surface area (Å²) < 4.78 is 6.27. The molecule has 0 amide bonds. The lowest BCUT2D eigenvalue weighted by Gasteiger charge is -2.38. The van der Waals surface area contributed by atoms with Crippen LogP contribution in [0, 0.1) is 16.7 Å². The zero-order valence-corrected chi connectivity index (χ0v) is 12.7. The van der Waals surface area contributed by atoms with E-state index >= 15 is 0 Å².